The summed E-state index contributed by atoms with van der Waals surface area (Å²) < 4.78 is 6.38. The van der Waals surface area contributed by atoms with Crippen LogP contribution in [-0.2, 0) is 16.0 Å². The lowest BCUT2D eigenvalue weighted by Crippen LogP contribution is -2.57. The number of ether oxygens (including phenoxy) is 1. The van der Waals surface area contributed by atoms with Crippen LogP contribution in [-0.4, -0.2) is 78.9 Å². The summed E-state index contributed by atoms with van der Waals surface area (Å²) in [4.78, 5) is 11.1. The summed E-state index contributed by atoms with van der Waals surface area (Å²) in [6.45, 7) is 3.95. The third-order valence-corrected chi connectivity index (χ3v) is 4.14. The van der Waals surface area contributed by atoms with Gasteiger partial charge in [0.05, 0.1) is 11.9 Å². The molecule has 10 nitrogen and oxygen atoms in total. The average Bonchev–Trinajstić information content (AvgIpc) is 3.04. The second-order valence-corrected chi connectivity index (χ2v) is 6.15. The maximum absolute atomic E-state index is 11.1. The van der Waals surface area contributed by atoms with Crippen molar-refractivity contribution in [3.63, 3.8) is 0 Å². The Balaban J connectivity index is 1.92. The summed E-state index contributed by atoms with van der Waals surface area (Å²) in [5.74, 6) is -1.43. The molecule has 0 aliphatic carbocycles. The first kappa shape index (κ1) is 19.7. The van der Waals surface area contributed by atoms with Gasteiger partial charge < -0.3 is 30.5 Å². The van der Waals surface area contributed by atoms with E-state index < -0.39 is 36.6 Å². The Bertz CT molecular complexity index is 554. The molecule has 1 aliphatic heterocycles. The molecule has 25 heavy (non-hydrogen) atoms. The number of rotatable bonds is 9. The van der Waals surface area contributed by atoms with E-state index >= 15 is 0 Å². The molecule has 2 heterocycles. The molecule has 0 spiro atoms. The zero-order chi connectivity index (χ0) is 18.4. The van der Waals surface area contributed by atoms with Crippen molar-refractivity contribution in [1.29, 1.82) is 0 Å². The molecule has 5 unspecified atom stereocenters. The van der Waals surface area contributed by atoms with Crippen molar-refractivity contribution in [3.8, 4) is 0 Å². The van der Waals surface area contributed by atoms with E-state index in [9.17, 15) is 20.1 Å². The number of aliphatic hydroxyl groups excluding tert-OH is 3. The van der Waals surface area contributed by atoms with Gasteiger partial charge in [0.2, 0.25) is 0 Å². The Morgan fingerprint density at radius 1 is 1.24 bits per heavy atom. The van der Waals surface area contributed by atoms with Crippen molar-refractivity contribution in [2.45, 2.75) is 63.3 Å². The van der Waals surface area contributed by atoms with Crippen molar-refractivity contribution >= 4 is 5.97 Å². The molecule has 10 heteroatoms. The van der Waals surface area contributed by atoms with Gasteiger partial charge in [0.25, 0.3) is 0 Å². The monoisotopic (exact) mass is 358 g/mol. The molecule has 1 fully saturated rings. The molecule has 0 amide bonds. The summed E-state index contributed by atoms with van der Waals surface area (Å²) in [5.41, 5.74) is 0.667. The van der Waals surface area contributed by atoms with Gasteiger partial charge >= 0.3 is 5.97 Å². The number of unbranched alkanes of at least 4 members (excludes halogenated alkanes) is 1. The molecule has 0 radical (unpaired) electrons. The maximum atomic E-state index is 11.1. The van der Waals surface area contributed by atoms with Gasteiger partial charge in [-0.25, -0.2) is 9.48 Å². The quantitative estimate of drug-likeness (QED) is 0.338. The molecule has 0 aromatic carbocycles. The van der Waals surface area contributed by atoms with Crippen molar-refractivity contribution in [2.75, 3.05) is 13.1 Å². The van der Waals surface area contributed by atoms with Gasteiger partial charge in [-0.3, -0.25) is 0 Å². The normalized spacial score (nSPS) is 29.7. The molecule has 0 bridgehead atoms. The lowest BCUT2D eigenvalue weighted by Gasteiger charge is -2.38. The Labute approximate surface area is 145 Å². The largest absolute Gasteiger partial charge is 0.479 e. The third-order valence-electron chi connectivity index (χ3n) is 4.14. The van der Waals surface area contributed by atoms with E-state index in [0.717, 1.165) is 32.4 Å². The topological polar surface area (TPSA) is 150 Å². The fourth-order valence-corrected chi connectivity index (χ4v) is 2.66. The van der Waals surface area contributed by atoms with Gasteiger partial charge in [-0.15, -0.1) is 5.10 Å². The first-order chi connectivity index (χ1) is 12.0. The Morgan fingerprint density at radius 3 is 2.64 bits per heavy atom. The number of aryl methyl sites for hydroxylation is 1. The van der Waals surface area contributed by atoms with Crippen molar-refractivity contribution < 1.29 is 30.0 Å². The van der Waals surface area contributed by atoms with Gasteiger partial charge in [-0.1, -0.05) is 18.6 Å². The van der Waals surface area contributed by atoms with Crippen LogP contribution in [0.25, 0.3) is 0 Å². The molecule has 1 aromatic heterocycles. The highest BCUT2D eigenvalue weighted by Crippen LogP contribution is 2.28. The SMILES string of the molecule is CCCCNCCCc1cn(C2OC(C(=O)O)C(O)C(O)C2O)nn1. The number of carbonyl (C=O) groups is 1. The summed E-state index contributed by atoms with van der Waals surface area (Å²) >= 11 is 0. The van der Waals surface area contributed by atoms with Gasteiger partial charge in [0, 0.05) is 0 Å². The highest BCUT2D eigenvalue weighted by atomic mass is 16.6. The van der Waals surface area contributed by atoms with E-state index in [2.05, 4.69) is 22.6 Å². The van der Waals surface area contributed by atoms with Crippen LogP contribution in [0, 0.1) is 0 Å². The predicted molar refractivity (Wildman–Crippen MR) is 85.7 cm³/mol. The van der Waals surface area contributed by atoms with E-state index in [1.165, 1.54) is 4.68 Å². The number of nitrogens with one attached hydrogen (secondary N) is 1. The molecular weight excluding hydrogens is 332 g/mol. The van der Waals surface area contributed by atoms with Crippen LogP contribution in [0.5, 0.6) is 0 Å². The van der Waals surface area contributed by atoms with Crippen molar-refractivity contribution in [3.05, 3.63) is 11.9 Å². The zero-order valence-electron chi connectivity index (χ0n) is 14.2. The third kappa shape index (κ3) is 4.95. The van der Waals surface area contributed by atoms with E-state index in [4.69, 9.17) is 9.84 Å². The summed E-state index contributed by atoms with van der Waals surface area (Å²) in [6.07, 6.45) is -2.45. The average molecular weight is 358 g/mol. The molecule has 142 valence electrons. The van der Waals surface area contributed by atoms with Crippen LogP contribution >= 0.6 is 0 Å². The van der Waals surface area contributed by atoms with Gasteiger partial charge in [-0.2, -0.15) is 0 Å². The molecule has 1 saturated heterocycles. The fourth-order valence-electron chi connectivity index (χ4n) is 2.66. The smallest absolute Gasteiger partial charge is 0.335 e. The highest BCUT2D eigenvalue weighted by Gasteiger charge is 2.48. The minimum atomic E-state index is -1.72. The number of aliphatic carboxylic acids is 1. The number of aromatic nitrogens is 3. The highest BCUT2D eigenvalue weighted by molar-refractivity contribution is 5.73. The van der Waals surface area contributed by atoms with Crippen LogP contribution in [0.2, 0.25) is 0 Å². The number of aliphatic hydroxyl groups is 3. The van der Waals surface area contributed by atoms with Crippen LogP contribution in [0.4, 0.5) is 0 Å². The lowest BCUT2D eigenvalue weighted by atomic mass is 9.98. The standard InChI is InChI=1S/C15H26N4O6/c1-2-3-6-16-7-4-5-9-8-19(18-17-9)14-12(22)10(20)11(21)13(25-14)15(23)24/h8,10-14,16,20-22H,2-7H2,1H3,(H,23,24). The summed E-state index contributed by atoms with van der Waals surface area (Å²) in [6, 6.07) is 0. The molecule has 5 atom stereocenters. The van der Waals surface area contributed by atoms with Crippen LogP contribution in [0.1, 0.15) is 38.1 Å². The van der Waals surface area contributed by atoms with Crippen LogP contribution < -0.4 is 5.32 Å². The van der Waals surface area contributed by atoms with E-state index in [0.29, 0.717) is 12.1 Å². The number of carboxylic acid groups (broad SMARTS) is 1. The molecule has 1 aliphatic rings. The molecule has 1 aromatic rings. The second kappa shape index (κ2) is 9.20. The Hall–Kier alpha value is -1.59. The zero-order valence-corrected chi connectivity index (χ0v) is 14.2. The lowest BCUT2D eigenvalue weighted by molar-refractivity contribution is -0.249. The minimum Gasteiger partial charge on any atom is -0.479 e. The van der Waals surface area contributed by atoms with Crippen molar-refractivity contribution in [2.24, 2.45) is 0 Å². The van der Waals surface area contributed by atoms with E-state index in [1.807, 2.05) is 0 Å². The first-order valence-electron chi connectivity index (χ1n) is 8.49. The number of hydrogen-bond donors (Lipinski definition) is 5. The Kier molecular flexibility index (Phi) is 7.26. The number of nitrogens with zero attached hydrogens (tertiary/aromatic N) is 3. The number of hydrogen-bond acceptors (Lipinski definition) is 8. The maximum Gasteiger partial charge on any atom is 0.335 e. The van der Waals surface area contributed by atoms with Gasteiger partial charge in [0.15, 0.2) is 12.3 Å². The Morgan fingerprint density at radius 2 is 1.96 bits per heavy atom. The van der Waals surface area contributed by atoms with E-state index in [-0.39, 0.29) is 0 Å². The summed E-state index contributed by atoms with van der Waals surface area (Å²) in [7, 11) is 0. The van der Waals surface area contributed by atoms with Crippen LogP contribution in [0.15, 0.2) is 6.20 Å². The number of carboxylic acids is 1. The predicted octanol–water partition coefficient (Wildman–Crippen LogP) is -1.33. The van der Waals surface area contributed by atoms with E-state index in [1.54, 1.807) is 6.20 Å². The van der Waals surface area contributed by atoms with Crippen LogP contribution in [0.3, 0.4) is 0 Å². The van der Waals surface area contributed by atoms with Gasteiger partial charge in [-0.05, 0) is 32.4 Å². The summed E-state index contributed by atoms with van der Waals surface area (Å²) in [5, 5.41) is 49.8. The fraction of sp³-hybridized carbons (Fsp3) is 0.800. The van der Waals surface area contributed by atoms with Crippen molar-refractivity contribution in [1.82, 2.24) is 20.3 Å². The second-order valence-electron chi connectivity index (χ2n) is 6.15. The molecular formula is C15H26N4O6. The first-order valence-corrected chi connectivity index (χ1v) is 8.49. The molecule has 5 N–H and O–H groups in total. The molecule has 2 rings (SSSR count). The minimum absolute atomic E-state index is 0.662. The molecule has 0 saturated carbocycles. The van der Waals surface area contributed by atoms with Gasteiger partial charge in [0.1, 0.15) is 18.3 Å².